The van der Waals surface area contributed by atoms with Gasteiger partial charge in [0, 0.05) is 18.8 Å². The maximum Gasteiger partial charge on any atom is 0.343 e. The molecule has 1 aliphatic heterocycles. The summed E-state index contributed by atoms with van der Waals surface area (Å²) in [5, 5.41) is 6.81. The van der Waals surface area contributed by atoms with E-state index in [1.807, 2.05) is 0 Å². The zero-order chi connectivity index (χ0) is 18.0. The summed E-state index contributed by atoms with van der Waals surface area (Å²) in [6, 6.07) is 5.03. The number of benzene rings is 1. The first kappa shape index (κ1) is 17.1. The van der Waals surface area contributed by atoms with Crippen LogP contribution in [-0.4, -0.2) is 41.5 Å². The zero-order valence-corrected chi connectivity index (χ0v) is 14.4. The number of anilines is 1. The Labute approximate surface area is 148 Å². The molecule has 0 bridgehead atoms. The van der Waals surface area contributed by atoms with E-state index in [2.05, 4.69) is 10.4 Å². The van der Waals surface area contributed by atoms with Gasteiger partial charge in [-0.05, 0) is 19.1 Å². The van der Waals surface area contributed by atoms with E-state index in [-0.39, 0.29) is 10.7 Å². The molecule has 132 valence electrons. The zero-order valence-electron chi connectivity index (χ0n) is 13.7. The minimum atomic E-state index is -0.701. The minimum absolute atomic E-state index is 0.149. The summed E-state index contributed by atoms with van der Waals surface area (Å²) in [7, 11) is 1.61. The largest absolute Gasteiger partial charge is 0.486 e. The smallest absolute Gasteiger partial charge is 0.343 e. The van der Waals surface area contributed by atoms with Crippen LogP contribution in [0.1, 0.15) is 16.1 Å². The standard InChI is InChI=1S/C16H16ClN3O5/c1-9-14(15(17)20(2)19-9)16(22)25-8-13(21)18-10-3-4-11-12(7-10)24-6-5-23-11/h3-4,7H,5-6,8H2,1-2H3,(H,18,21). The van der Waals surface area contributed by atoms with Gasteiger partial charge < -0.3 is 19.5 Å². The van der Waals surface area contributed by atoms with Crippen molar-refractivity contribution in [2.75, 3.05) is 25.1 Å². The van der Waals surface area contributed by atoms with E-state index in [1.165, 1.54) is 4.68 Å². The first-order chi connectivity index (χ1) is 12.0. The molecule has 2 aromatic rings. The van der Waals surface area contributed by atoms with Crippen LogP contribution in [0.15, 0.2) is 18.2 Å². The number of ether oxygens (including phenoxy) is 3. The Hall–Kier alpha value is -2.74. The highest BCUT2D eigenvalue weighted by Crippen LogP contribution is 2.32. The van der Waals surface area contributed by atoms with Crippen molar-refractivity contribution in [1.82, 2.24) is 9.78 Å². The highest BCUT2D eigenvalue weighted by molar-refractivity contribution is 6.32. The molecule has 0 saturated carbocycles. The van der Waals surface area contributed by atoms with Gasteiger partial charge in [0.25, 0.3) is 5.91 Å². The summed E-state index contributed by atoms with van der Waals surface area (Å²) in [5.41, 5.74) is 1.10. The number of halogens is 1. The maximum absolute atomic E-state index is 12.1. The van der Waals surface area contributed by atoms with E-state index in [0.29, 0.717) is 36.1 Å². The number of fused-ring (bicyclic) bond motifs is 1. The molecule has 25 heavy (non-hydrogen) atoms. The molecule has 3 rings (SSSR count). The van der Waals surface area contributed by atoms with Crippen molar-refractivity contribution in [2.45, 2.75) is 6.92 Å². The summed E-state index contributed by atoms with van der Waals surface area (Å²) in [6.45, 7) is 2.13. The predicted octanol–water partition coefficient (Wildman–Crippen LogP) is 1.95. The van der Waals surface area contributed by atoms with Gasteiger partial charge in [-0.3, -0.25) is 9.48 Å². The number of esters is 1. The fourth-order valence-electron chi connectivity index (χ4n) is 2.38. The number of amides is 1. The van der Waals surface area contributed by atoms with Crippen LogP contribution in [0.5, 0.6) is 11.5 Å². The SMILES string of the molecule is Cc1nn(C)c(Cl)c1C(=O)OCC(=O)Nc1ccc2c(c1)OCCO2. The molecule has 1 aliphatic rings. The average molecular weight is 366 g/mol. The second-order valence-electron chi connectivity index (χ2n) is 5.36. The maximum atomic E-state index is 12.1. The molecule has 0 aliphatic carbocycles. The van der Waals surface area contributed by atoms with Gasteiger partial charge in [0.05, 0.1) is 5.69 Å². The molecule has 9 heteroatoms. The molecule has 8 nitrogen and oxygen atoms in total. The fourth-order valence-corrected chi connectivity index (χ4v) is 2.64. The highest BCUT2D eigenvalue weighted by atomic mass is 35.5. The summed E-state index contributed by atoms with van der Waals surface area (Å²) < 4.78 is 17.2. The van der Waals surface area contributed by atoms with E-state index in [1.54, 1.807) is 32.2 Å². The third-order valence-electron chi connectivity index (χ3n) is 3.52. The fraction of sp³-hybridized carbons (Fsp3) is 0.312. The van der Waals surface area contributed by atoms with Gasteiger partial charge in [-0.1, -0.05) is 11.6 Å². The molecule has 0 radical (unpaired) electrons. The van der Waals surface area contributed by atoms with Crippen LogP contribution in [0.3, 0.4) is 0 Å². The molecule has 0 fully saturated rings. The summed E-state index contributed by atoms with van der Waals surface area (Å²) in [5.74, 6) is -0.00759. The molecule has 1 aromatic carbocycles. The van der Waals surface area contributed by atoms with Crippen LogP contribution in [-0.2, 0) is 16.6 Å². The first-order valence-electron chi connectivity index (χ1n) is 7.51. The second-order valence-corrected chi connectivity index (χ2v) is 5.72. The van der Waals surface area contributed by atoms with Crippen molar-refractivity contribution < 1.29 is 23.8 Å². The third-order valence-corrected chi connectivity index (χ3v) is 3.95. The van der Waals surface area contributed by atoms with Crippen LogP contribution in [0, 0.1) is 6.92 Å². The quantitative estimate of drug-likeness (QED) is 0.833. The lowest BCUT2D eigenvalue weighted by Crippen LogP contribution is -2.21. The number of rotatable bonds is 4. The van der Waals surface area contributed by atoms with Gasteiger partial charge in [-0.25, -0.2) is 4.79 Å². The number of carbonyl (C=O) groups is 2. The summed E-state index contributed by atoms with van der Waals surface area (Å²) in [4.78, 5) is 24.0. The Bertz CT molecular complexity index is 833. The van der Waals surface area contributed by atoms with E-state index in [0.717, 1.165) is 0 Å². The average Bonchev–Trinajstić information content (AvgIpc) is 2.85. The molecule has 0 saturated heterocycles. The van der Waals surface area contributed by atoms with Crippen molar-refractivity contribution >= 4 is 29.2 Å². The summed E-state index contributed by atoms with van der Waals surface area (Å²) >= 11 is 5.99. The van der Waals surface area contributed by atoms with E-state index >= 15 is 0 Å². The molecule has 0 atom stereocenters. The highest BCUT2D eigenvalue weighted by Gasteiger charge is 2.21. The van der Waals surface area contributed by atoms with Crippen molar-refractivity contribution in [1.29, 1.82) is 0 Å². The van der Waals surface area contributed by atoms with Gasteiger partial charge >= 0.3 is 5.97 Å². The molecule has 2 heterocycles. The van der Waals surface area contributed by atoms with Gasteiger partial charge in [-0.15, -0.1) is 0 Å². The van der Waals surface area contributed by atoms with Gasteiger partial charge in [0.15, 0.2) is 18.1 Å². The lowest BCUT2D eigenvalue weighted by Gasteiger charge is -2.19. The number of nitrogens with one attached hydrogen (secondary N) is 1. The normalized spacial score (nSPS) is 12.6. The van der Waals surface area contributed by atoms with Crippen molar-refractivity contribution in [3.8, 4) is 11.5 Å². The summed E-state index contributed by atoms with van der Waals surface area (Å²) in [6.07, 6.45) is 0. The molecule has 0 unspecified atom stereocenters. The Kier molecular flexibility index (Phi) is 4.80. The topological polar surface area (TPSA) is 91.7 Å². The Morgan fingerprint density at radius 1 is 1.32 bits per heavy atom. The lowest BCUT2D eigenvalue weighted by atomic mass is 10.2. The number of nitrogens with zero attached hydrogens (tertiary/aromatic N) is 2. The van der Waals surface area contributed by atoms with E-state index in [4.69, 9.17) is 25.8 Å². The van der Waals surface area contributed by atoms with Gasteiger partial charge in [0.1, 0.15) is 23.9 Å². The molecule has 1 amide bonds. The molecular formula is C16H16ClN3O5. The van der Waals surface area contributed by atoms with Crippen molar-refractivity contribution in [3.63, 3.8) is 0 Å². The van der Waals surface area contributed by atoms with E-state index in [9.17, 15) is 9.59 Å². The lowest BCUT2D eigenvalue weighted by molar-refractivity contribution is -0.119. The Morgan fingerprint density at radius 2 is 2.04 bits per heavy atom. The Morgan fingerprint density at radius 3 is 2.72 bits per heavy atom. The minimum Gasteiger partial charge on any atom is -0.486 e. The second kappa shape index (κ2) is 7.02. The van der Waals surface area contributed by atoms with Crippen LogP contribution in [0.4, 0.5) is 5.69 Å². The molecule has 1 aromatic heterocycles. The van der Waals surface area contributed by atoms with Crippen molar-refractivity contribution in [3.05, 3.63) is 34.6 Å². The van der Waals surface area contributed by atoms with Crippen LogP contribution in [0.2, 0.25) is 5.15 Å². The van der Waals surface area contributed by atoms with Crippen LogP contribution >= 0.6 is 11.6 Å². The molecular weight excluding hydrogens is 350 g/mol. The molecule has 0 spiro atoms. The third kappa shape index (κ3) is 3.69. The van der Waals surface area contributed by atoms with Crippen LogP contribution in [0.25, 0.3) is 0 Å². The monoisotopic (exact) mass is 365 g/mol. The van der Waals surface area contributed by atoms with Crippen molar-refractivity contribution in [2.24, 2.45) is 7.05 Å². The van der Waals surface area contributed by atoms with E-state index < -0.39 is 18.5 Å². The van der Waals surface area contributed by atoms with Gasteiger partial charge in [-0.2, -0.15) is 5.10 Å². The Balaban J connectivity index is 1.59. The first-order valence-corrected chi connectivity index (χ1v) is 7.89. The van der Waals surface area contributed by atoms with Crippen LogP contribution < -0.4 is 14.8 Å². The number of hydrogen-bond acceptors (Lipinski definition) is 6. The predicted molar refractivity (Wildman–Crippen MR) is 89.3 cm³/mol. The van der Waals surface area contributed by atoms with Gasteiger partial charge in [0.2, 0.25) is 0 Å². The number of aryl methyl sites for hydroxylation is 2. The number of carbonyl (C=O) groups excluding carboxylic acids is 2. The number of aromatic nitrogens is 2. The number of hydrogen-bond donors (Lipinski definition) is 1. The molecule has 1 N–H and O–H groups in total.